The number of aliphatic carboxylic acids is 1. The maximum absolute atomic E-state index is 12.6. The predicted molar refractivity (Wildman–Crippen MR) is 75.5 cm³/mol. The van der Waals surface area contributed by atoms with Crippen LogP contribution < -0.4 is 0 Å². The molecule has 116 valence electrons. The van der Waals surface area contributed by atoms with Crippen molar-refractivity contribution in [1.82, 2.24) is 8.61 Å². The summed E-state index contributed by atoms with van der Waals surface area (Å²) in [6.07, 6.45) is 6.22. The summed E-state index contributed by atoms with van der Waals surface area (Å²) in [5, 5.41) is 8.69. The highest BCUT2D eigenvalue weighted by Crippen LogP contribution is 2.37. The van der Waals surface area contributed by atoms with E-state index in [1.54, 1.807) is 4.31 Å². The van der Waals surface area contributed by atoms with E-state index in [1.165, 1.54) is 17.8 Å². The third-order valence-electron chi connectivity index (χ3n) is 4.52. The van der Waals surface area contributed by atoms with Crippen LogP contribution in [0.25, 0.3) is 0 Å². The van der Waals surface area contributed by atoms with E-state index in [0.29, 0.717) is 12.5 Å². The van der Waals surface area contributed by atoms with Gasteiger partial charge in [0.15, 0.2) is 0 Å². The van der Waals surface area contributed by atoms with Crippen LogP contribution >= 0.6 is 0 Å². The third-order valence-corrected chi connectivity index (χ3v) is 6.54. The Morgan fingerprint density at radius 3 is 2.60 bits per heavy atom. The highest BCUT2D eigenvalue weighted by atomic mass is 32.2. The van der Waals surface area contributed by atoms with Gasteiger partial charge < -0.3 is 5.11 Å². The minimum absolute atomic E-state index is 0.0333. The Kier molecular flexibility index (Phi) is 5.04. The Hall–Kier alpha value is -0.660. The number of carboxylic acid groups (broad SMARTS) is 1. The molecule has 1 aliphatic heterocycles. The van der Waals surface area contributed by atoms with E-state index in [2.05, 4.69) is 0 Å². The van der Waals surface area contributed by atoms with Crippen LogP contribution in [0.4, 0.5) is 0 Å². The molecular weight excluding hydrogens is 280 g/mol. The molecule has 0 amide bonds. The number of nitrogens with zero attached hydrogens (tertiary/aromatic N) is 2. The molecule has 0 bridgehead atoms. The van der Waals surface area contributed by atoms with Gasteiger partial charge in [-0.05, 0) is 31.6 Å². The van der Waals surface area contributed by atoms with Crippen LogP contribution in [-0.2, 0) is 15.0 Å². The maximum atomic E-state index is 12.6. The summed E-state index contributed by atoms with van der Waals surface area (Å²) >= 11 is 0. The van der Waals surface area contributed by atoms with Gasteiger partial charge in [0.1, 0.15) is 0 Å². The van der Waals surface area contributed by atoms with Gasteiger partial charge in [-0.2, -0.15) is 17.0 Å². The standard InChI is InChI=1S/C13H24N2O4S/c1-14(10-8-13(16)17)20(18,19)15-9-4-6-11-5-2-3-7-12(11)15/h11-12H,2-10H2,1H3,(H,16,17). The lowest BCUT2D eigenvalue weighted by Gasteiger charge is -2.44. The minimum Gasteiger partial charge on any atom is -0.481 e. The Morgan fingerprint density at radius 1 is 1.25 bits per heavy atom. The topological polar surface area (TPSA) is 77.9 Å². The van der Waals surface area contributed by atoms with Gasteiger partial charge in [-0.3, -0.25) is 4.79 Å². The summed E-state index contributed by atoms with van der Waals surface area (Å²) in [6, 6.07) is 0.120. The average molecular weight is 304 g/mol. The Labute approximate surface area is 120 Å². The molecule has 1 saturated carbocycles. The van der Waals surface area contributed by atoms with Crippen molar-refractivity contribution in [2.24, 2.45) is 5.92 Å². The highest BCUT2D eigenvalue weighted by molar-refractivity contribution is 7.86. The number of fused-ring (bicyclic) bond motifs is 1. The normalized spacial score (nSPS) is 28.3. The van der Waals surface area contributed by atoms with E-state index >= 15 is 0 Å². The fourth-order valence-corrected chi connectivity index (χ4v) is 5.07. The van der Waals surface area contributed by atoms with E-state index in [0.717, 1.165) is 32.1 Å². The number of rotatable bonds is 5. The van der Waals surface area contributed by atoms with Crippen molar-refractivity contribution in [1.29, 1.82) is 0 Å². The lowest BCUT2D eigenvalue weighted by atomic mass is 9.79. The van der Waals surface area contributed by atoms with E-state index in [1.807, 2.05) is 0 Å². The number of carbonyl (C=O) groups is 1. The van der Waals surface area contributed by atoms with E-state index < -0.39 is 16.2 Å². The van der Waals surface area contributed by atoms with Crippen LogP contribution in [0.15, 0.2) is 0 Å². The minimum atomic E-state index is -3.52. The summed E-state index contributed by atoms with van der Waals surface area (Å²) in [5.41, 5.74) is 0. The van der Waals surface area contributed by atoms with Crippen molar-refractivity contribution in [2.75, 3.05) is 20.1 Å². The van der Waals surface area contributed by atoms with Gasteiger partial charge in [0, 0.05) is 26.2 Å². The zero-order valence-corrected chi connectivity index (χ0v) is 12.8. The van der Waals surface area contributed by atoms with Crippen LogP contribution in [0.1, 0.15) is 44.9 Å². The molecule has 2 aliphatic rings. The molecular formula is C13H24N2O4S. The molecule has 2 rings (SSSR count). The lowest BCUT2D eigenvalue weighted by molar-refractivity contribution is -0.137. The van der Waals surface area contributed by atoms with Crippen LogP contribution in [0, 0.1) is 5.92 Å². The van der Waals surface area contributed by atoms with Crippen LogP contribution in [-0.4, -0.2) is 54.3 Å². The zero-order valence-electron chi connectivity index (χ0n) is 12.0. The monoisotopic (exact) mass is 304 g/mol. The molecule has 0 radical (unpaired) electrons. The van der Waals surface area contributed by atoms with Crippen molar-refractivity contribution >= 4 is 16.2 Å². The SMILES string of the molecule is CN(CCC(=O)O)S(=O)(=O)N1CCCC2CCCCC21. The molecule has 1 N–H and O–H groups in total. The van der Waals surface area contributed by atoms with E-state index in [9.17, 15) is 13.2 Å². The van der Waals surface area contributed by atoms with Gasteiger partial charge >= 0.3 is 5.97 Å². The molecule has 2 fully saturated rings. The Morgan fingerprint density at radius 2 is 1.90 bits per heavy atom. The van der Waals surface area contributed by atoms with Crippen molar-refractivity contribution in [3.05, 3.63) is 0 Å². The van der Waals surface area contributed by atoms with Gasteiger partial charge in [-0.25, -0.2) is 0 Å². The number of piperidine rings is 1. The second kappa shape index (κ2) is 6.41. The summed E-state index contributed by atoms with van der Waals surface area (Å²) in [4.78, 5) is 10.6. The molecule has 1 saturated heterocycles. The maximum Gasteiger partial charge on any atom is 0.304 e. The lowest BCUT2D eigenvalue weighted by Crippen LogP contribution is -2.53. The number of carboxylic acids is 1. The molecule has 2 atom stereocenters. The fourth-order valence-electron chi connectivity index (χ4n) is 3.41. The van der Waals surface area contributed by atoms with Gasteiger partial charge in [-0.15, -0.1) is 0 Å². The van der Waals surface area contributed by atoms with E-state index in [-0.39, 0.29) is 19.0 Å². The summed E-state index contributed by atoms with van der Waals surface area (Å²) in [6.45, 7) is 0.604. The summed E-state index contributed by atoms with van der Waals surface area (Å²) in [5.74, 6) is -0.485. The first-order chi connectivity index (χ1) is 9.43. The van der Waals surface area contributed by atoms with Gasteiger partial charge in [0.25, 0.3) is 10.2 Å². The molecule has 6 nitrogen and oxygen atoms in total. The molecule has 20 heavy (non-hydrogen) atoms. The third kappa shape index (κ3) is 3.32. The average Bonchev–Trinajstić information content (AvgIpc) is 2.43. The zero-order chi connectivity index (χ0) is 14.8. The fraction of sp³-hybridized carbons (Fsp3) is 0.923. The number of hydrogen-bond donors (Lipinski definition) is 1. The van der Waals surface area contributed by atoms with Gasteiger partial charge in [0.2, 0.25) is 0 Å². The second-order valence-electron chi connectivity index (χ2n) is 5.84. The van der Waals surface area contributed by atoms with Crippen LogP contribution in [0.2, 0.25) is 0 Å². The van der Waals surface area contributed by atoms with Crippen molar-refractivity contribution in [3.63, 3.8) is 0 Å². The molecule has 1 heterocycles. The van der Waals surface area contributed by atoms with E-state index in [4.69, 9.17) is 5.11 Å². The van der Waals surface area contributed by atoms with Crippen LogP contribution in [0.3, 0.4) is 0 Å². The molecule has 0 aromatic rings. The molecule has 2 unspecified atom stereocenters. The Balaban J connectivity index is 2.08. The first-order valence-corrected chi connectivity index (χ1v) is 8.77. The molecule has 1 aliphatic carbocycles. The Bertz CT molecular complexity index is 449. The summed E-state index contributed by atoms with van der Waals surface area (Å²) < 4.78 is 28.0. The smallest absolute Gasteiger partial charge is 0.304 e. The number of hydrogen-bond acceptors (Lipinski definition) is 3. The largest absolute Gasteiger partial charge is 0.481 e. The summed E-state index contributed by atoms with van der Waals surface area (Å²) in [7, 11) is -2.05. The van der Waals surface area contributed by atoms with Gasteiger partial charge in [-0.1, -0.05) is 12.8 Å². The van der Waals surface area contributed by atoms with Crippen molar-refractivity contribution in [2.45, 2.75) is 51.0 Å². The first kappa shape index (κ1) is 15.7. The first-order valence-electron chi connectivity index (χ1n) is 7.38. The molecule has 7 heteroatoms. The highest BCUT2D eigenvalue weighted by Gasteiger charge is 2.40. The quantitative estimate of drug-likeness (QED) is 0.830. The van der Waals surface area contributed by atoms with Crippen molar-refractivity contribution in [3.8, 4) is 0 Å². The van der Waals surface area contributed by atoms with Crippen LogP contribution in [0.5, 0.6) is 0 Å². The second-order valence-corrected chi connectivity index (χ2v) is 7.83. The van der Waals surface area contributed by atoms with Gasteiger partial charge in [0.05, 0.1) is 6.42 Å². The van der Waals surface area contributed by atoms with Crippen molar-refractivity contribution < 1.29 is 18.3 Å². The molecule has 0 aromatic carbocycles. The molecule has 0 spiro atoms. The molecule has 0 aromatic heterocycles. The predicted octanol–water partition coefficient (Wildman–Crippen LogP) is 1.29.